The van der Waals surface area contributed by atoms with Gasteiger partial charge in [-0.2, -0.15) is 0 Å². The molecule has 1 saturated heterocycles. The number of hydrogen-bond acceptors (Lipinski definition) is 6. The Labute approximate surface area is 186 Å². The van der Waals surface area contributed by atoms with E-state index in [4.69, 9.17) is 9.47 Å². The lowest BCUT2D eigenvalue weighted by atomic mass is 10.1. The summed E-state index contributed by atoms with van der Waals surface area (Å²) in [7, 11) is -1.87. The second-order valence-corrected chi connectivity index (χ2v) is 9.48. The normalized spacial score (nSPS) is 15.2. The second-order valence-electron chi connectivity index (χ2n) is 7.72. The van der Waals surface area contributed by atoms with Crippen LogP contribution >= 0.6 is 0 Å². The zero-order valence-corrected chi connectivity index (χ0v) is 19.7. The van der Waals surface area contributed by atoms with Crippen LogP contribution < -0.4 is 19.1 Å². The van der Waals surface area contributed by atoms with E-state index < -0.39 is 10.0 Å². The number of anilines is 1. The van der Waals surface area contributed by atoms with Crippen LogP contribution in [0.2, 0.25) is 0 Å². The van der Waals surface area contributed by atoms with Crippen LogP contribution in [0.3, 0.4) is 0 Å². The zero-order valence-electron chi connectivity index (χ0n) is 18.8. The number of aryl methyl sites for hydroxylation is 2. The summed E-state index contributed by atoms with van der Waals surface area (Å²) in [5.74, 6) is 1.64. The van der Waals surface area contributed by atoms with Crippen molar-refractivity contribution in [3.05, 3.63) is 47.5 Å². The van der Waals surface area contributed by atoms with E-state index in [9.17, 15) is 8.42 Å². The highest BCUT2D eigenvalue weighted by atomic mass is 32.2. The number of benzene rings is 2. The minimum absolute atomic E-state index is 0.284. The van der Waals surface area contributed by atoms with Gasteiger partial charge in [-0.25, -0.2) is 13.1 Å². The van der Waals surface area contributed by atoms with Crippen LogP contribution in [0.5, 0.6) is 11.5 Å². The Balaban J connectivity index is 1.53. The molecular formula is C23H33N3O4S. The predicted octanol–water partition coefficient (Wildman–Crippen LogP) is 2.81. The van der Waals surface area contributed by atoms with E-state index in [1.165, 1.54) is 0 Å². The first kappa shape index (κ1) is 23.4. The molecule has 0 aromatic heterocycles. The standard InChI is InChI=1S/C23H33N3O4S/c1-5-30-23-18(2)16-20(17-19(23)3)31(27,28)24-10-11-25-12-14-26(15-13-25)21-8-6-7-9-22(21)29-4/h6-9,16-17,24H,5,10-15H2,1-4H3. The molecule has 1 heterocycles. The molecule has 0 spiro atoms. The number of para-hydroxylation sites is 2. The highest BCUT2D eigenvalue weighted by molar-refractivity contribution is 7.89. The van der Waals surface area contributed by atoms with Crippen molar-refractivity contribution < 1.29 is 17.9 Å². The van der Waals surface area contributed by atoms with Crippen LogP contribution in [0.25, 0.3) is 0 Å². The molecule has 170 valence electrons. The van der Waals surface area contributed by atoms with E-state index in [-0.39, 0.29) is 4.90 Å². The maximum absolute atomic E-state index is 12.8. The van der Waals surface area contributed by atoms with E-state index in [0.29, 0.717) is 19.7 Å². The molecule has 0 unspecified atom stereocenters. The monoisotopic (exact) mass is 447 g/mol. The fraction of sp³-hybridized carbons (Fsp3) is 0.478. The lowest BCUT2D eigenvalue weighted by Crippen LogP contribution is -2.48. The Morgan fingerprint density at radius 1 is 1.03 bits per heavy atom. The summed E-state index contributed by atoms with van der Waals surface area (Å²) in [5.41, 5.74) is 2.76. The number of ether oxygens (including phenoxy) is 2. The summed E-state index contributed by atoms with van der Waals surface area (Å²) in [4.78, 5) is 4.88. The van der Waals surface area contributed by atoms with Gasteiger partial charge in [-0.05, 0) is 56.2 Å². The second kappa shape index (κ2) is 10.3. The van der Waals surface area contributed by atoms with Gasteiger partial charge in [-0.1, -0.05) is 12.1 Å². The molecule has 0 atom stereocenters. The number of sulfonamides is 1. The van der Waals surface area contributed by atoms with Crippen molar-refractivity contribution in [2.75, 3.05) is 57.9 Å². The average molecular weight is 448 g/mol. The van der Waals surface area contributed by atoms with Crippen LogP contribution in [-0.2, 0) is 10.0 Å². The summed E-state index contributed by atoms with van der Waals surface area (Å²) >= 11 is 0. The molecule has 0 bridgehead atoms. The van der Waals surface area contributed by atoms with E-state index in [0.717, 1.165) is 54.5 Å². The van der Waals surface area contributed by atoms with Gasteiger partial charge in [0.15, 0.2) is 0 Å². The maximum atomic E-state index is 12.8. The molecule has 0 saturated carbocycles. The largest absolute Gasteiger partial charge is 0.495 e. The van der Waals surface area contributed by atoms with E-state index in [2.05, 4.69) is 20.6 Å². The van der Waals surface area contributed by atoms with E-state index in [1.54, 1.807) is 19.2 Å². The molecule has 2 aromatic rings. The number of hydrogen-bond donors (Lipinski definition) is 1. The van der Waals surface area contributed by atoms with Crippen LogP contribution in [0.4, 0.5) is 5.69 Å². The molecule has 8 heteroatoms. The number of rotatable bonds is 9. The molecule has 31 heavy (non-hydrogen) atoms. The first-order chi connectivity index (χ1) is 14.9. The third-order valence-electron chi connectivity index (χ3n) is 5.55. The molecular weight excluding hydrogens is 414 g/mol. The summed E-state index contributed by atoms with van der Waals surface area (Å²) in [6.45, 7) is 10.8. The maximum Gasteiger partial charge on any atom is 0.240 e. The molecule has 7 nitrogen and oxygen atoms in total. The van der Waals surface area contributed by atoms with Crippen molar-refractivity contribution >= 4 is 15.7 Å². The van der Waals surface area contributed by atoms with E-state index >= 15 is 0 Å². The Bertz CT molecular complexity index is 963. The minimum atomic E-state index is -3.56. The minimum Gasteiger partial charge on any atom is -0.495 e. The average Bonchev–Trinajstić information content (AvgIpc) is 2.76. The highest BCUT2D eigenvalue weighted by Gasteiger charge is 2.21. The Kier molecular flexibility index (Phi) is 7.80. The third kappa shape index (κ3) is 5.70. The molecule has 1 aliphatic rings. The van der Waals surface area contributed by atoms with Crippen molar-refractivity contribution in [2.24, 2.45) is 0 Å². The zero-order chi connectivity index (χ0) is 22.4. The number of methoxy groups -OCH3 is 1. The quantitative estimate of drug-likeness (QED) is 0.637. The van der Waals surface area contributed by atoms with Gasteiger partial charge >= 0.3 is 0 Å². The molecule has 3 rings (SSSR count). The molecule has 0 amide bonds. The van der Waals surface area contributed by atoms with Crippen molar-refractivity contribution in [2.45, 2.75) is 25.7 Å². The van der Waals surface area contributed by atoms with Crippen LogP contribution in [-0.4, -0.2) is 66.3 Å². The Morgan fingerprint density at radius 2 is 1.68 bits per heavy atom. The molecule has 0 aliphatic carbocycles. The summed E-state index contributed by atoms with van der Waals surface area (Å²) in [6, 6.07) is 11.4. The summed E-state index contributed by atoms with van der Waals surface area (Å²) in [5, 5.41) is 0. The van der Waals surface area contributed by atoms with Crippen molar-refractivity contribution in [1.82, 2.24) is 9.62 Å². The van der Waals surface area contributed by atoms with Crippen LogP contribution in [0.15, 0.2) is 41.3 Å². The predicted molar refractivity (Wildman–Crippen MR) is 124 cm³/mol. The highest BCUT2D eigenvalue weighted by Crippen LogP contribution is 2.28. The Morgan fingerprint density at radius 3 is 2.29 bits per heavy atom. The first-order valence-corrected chi connectivity index (χ1v) is 12.2. The van der Waals surface area contributed by atoms with Gasteiger partial charge in [0.05, 0.1) is 24.3 Å². The van der Waals surface area contributed by atoms with Crippen LogP contribution in [0.1, 0.15) is 18.1 Å². The van der Waals surface area contributed by atoms with Gasteiger partial charge in [-0.15, -0.1) is 0 Å². The topological polar surface area (TPSA) is 71.1 Å². The molecule has 2 aromatic carbocycles. The Hall–Kier alpha value is -2.29. The lowest BCUT2D eigenvalue weighted by molar-refractivity contribution is 0.261. The fourth-order valence-corrected chi connectivity index (χ4v) is 5.15. The van der Waals surface area contributed by atoms with Crippen molar-refractivity contribution in [3.8, 4) is 11.5 Å². The first-order valence-electron chi connectivity index (χ1n) is 10.7. The van der Waals surface area contributed by atoms with Gasteiger partial charge in [0, 0.05) is 39.3 Å². The molecule has 0 radical (unpaired) electrons. The summed E-state index contributed by atoms with van der Waals surface area (Å²) < 4.78 is 39.4. The fourth-order valence-electron chi connectivity index (χ4n) is 3.96. The van der Waals surface area contributed by atoms with Crippen LogP contribution in [0, 0.1) is 13.8 Å². The van der Waals surface area contributed by atoms with Gasteiger partial charge in [0.25, 0.3) is 0 Å². The number of nitrogens with one attached hydrogen (secondary N) is 1. The number of nitrogens with zero attached hydrogens (tertiary/aromatic N) is 2. The summed E-state index contributed by atoms with van der Waals surface area (Å²) in [6.07, 6.45) is 0. The van der Waals surface area contributed by atoms with Crippen molar-refractivity contribution in [1.29, 1.82) is 0 Å². The molecule has 1 aliphatic heterocycles. The smallest absolute Gasteiger partial charge is 0.240 e. The van der Waals surface area contributed by atoms with Gasteiger partial charge in [-0.3, -0.25) is 4.90 Å². The van der Waals surface area contributed by atoms with Crippen molar-refractivity contribution in [3.63, 3.8) is 0 Å². The van der Waals surface area contributed by atoms with Gasteiger partial charge in [0.2, 0.25) is 10.0 Å². The van der Waals surface area contributed by atoms with Gasteiger partial charge < -0.3 is 14.4 Å². The number of piperazine rings is 1. The SMILES string of the molecule is CCOc1c(C)cc(S(=O)(=O)NCCN2CCN(c3ccccc3OC)CC2)cc1C. The van der Waals surface area contributed by atoms with E-state index in [1.807, 2.05) is 39.0 Å². The van der Waals surface area contributed by atoms with Gasteiger partial charge in [0.1, 0.15) is 11.5 Å². The third-order valence-corrected chi connectivity index (χ3v) is 6.99. The molecule has 1 fully saturated rings. The molecule has 1 N–H and O–H groups in total. The lowest BCUT2D eigenvalue weighted by Gasteiger charge is -2.36.